The van der Waals surface area contributed by atoms with Gasteiger partial charge in [0.05, 0.1) is 43.9 Å². The van der Waals surface area contributed by atoms with Crippen LogP contribution in [0.3, 0.4) is 0 Å². The summed E-state index contributed by atoms with van der Waals surface area (Å²) in [6.45, 7) is 31.6. The largest absolute Gasteiger partial charge is 3.00 e. The third kappa shape index (κ3) is 74.4. The van der Waals surface area contributed by atoms with Crippen LogP contribution in [0.5, 0.6) is 0 Å². The maximum atomic E-state index is 10.3. The summed E-state index contributed by atoms with van der Waals surface area (Å²) < 4.78 is 95.7. The van der Waals surface area contributed by atoms with E-state index in [9.17, 15) is 38.9 Å². The van der Waals surface area contributed by atoms with Crippen LogP contribution in [-0.4, -0.2) is 144 Å². The van der Waals surface area contributed by atoms with Gasteiger partial charge in [-0.15, -0.1) is 24.3 Å². The van der Waals surface area contributed by atoms with Gasteiger partial charge in [-0.25, -0.2) is 47.5 Å². The second-order valence-electron chi connectivity index (χ2n) is 17.3. The van der Waals surface area contributed by atoms with E-state index in [4.69, 9.17) is 9.59 Å². The van der Waals surface area contributed by atoms with Crippen LogP contribution in [0.25, 0.3) is 0 Å². The molecule has 0 unspecified atom stereocenters. The third-order valence-corrected chi connectivity index (χ3v) is 11.7. The van der Waals surface area contributed by atoms with Crippen molar-refractivity contribution in [3.8, 4) is 0 Å². The molecule has 461 valence electrons. The number of aryl methyl sites for hydroxylation is 2. The zero-order valence-corrected chi connectivity index (χ0v) is 61.6. The van der Waals surface area contributed by atoms with Crippen LogP contribution in [-0.2, 0) is 93.7 Å². The van der Waals surface area contributed by atoms with E-state index in [1.165, 1.54) is 38.5 Å². The second kappa shape index (κ2) is 65.9. The van der Waals surface area contributed by atoms with Crippen LogP contribution in [0.2, 0.25) is 0 Å². The molecule has 0 amide bonds. The molecule has 4 aliphatic heterocycles. The summed E-state index contributed by atoms with van der Waals surface area (Å²) in [5, 5.41) is 0. The number of aromatic nitrogens is 2. The van der Waals surface area contributed by atoms with Crippen molar-refractivity contribution in [2.75, 3.05) is 57.5 Å². The number of imidazole rings is 1. The first kappa shape index (κ1) is 95.7. The van der Waals surface area contributed by atoms with E-state index >= 15 is 0 Å². The number of allylic oxidation sites excluding steroid dienone is 2. The van der Waals surface area contributed by atoms with Crippen molar-refractivity contribution in [2.24, 2.45) is 7.05 Å². The summed E-state index contributed by atoms with van der Waals surface area (Å²) in [6.07, 6.45) is 44.8. The van der Waals surface area contributed by atoms with Crippen molar-refractivity contribution in [2.45, 2.75) is 144 Å². The van der Waals surface area contributed by atoms with Crippen molar-refractivity contribution in [3.63, 3.8) is 0 Å². The Morgan fingerprint density at radius 3 is 1.06 bits per heavy atom. The normalized spacial score (nSPS) is 13.9. The molecule has 1 aromatic heterocycles. The fourth-order valence-corrected chi connectivity index (χ4v) is 7.37. The zero-order chi connectivity index (χ0) is 59.2. The van der Waals surface area contributed by atoms with Crippen molar-refractivity contribution >= 4 is 43.9 Å². The van der Waals surface area contributed by atoms with Crippen LogP contribution in [0.4, 0.5) is 0 Å². The molecule has 0 N–H and O–H groups in total. The molecule has 5 heterocycles. The first-order chi connectivity index (χ1) is 36.6. The van der Waals surface area contributed by atoms with Crippen LogP contribution < -0.4 is 63.7 Å². The smallest absolute Gasteiger partial charge is 0.748 e. The Hall–Kier alpha value is -1.62. The SMILES string of the molecule is C1=CCCC=C=CCCC=1.CCC.CCC.CCCCN1C=CN(C)[CH-]1.CCCCN1C=CN(C)[CH-]1.C[n+]1ccn(CCCS(=O)(=O)[O-])c1.O=S(=O)([O-])CCCN1C=CC[CH-]1.O=S(=O)([O-])CCCN1C=CC[CH-]1.[CH-]=O.[CH-]=O.[Ir+3].[Ir].[Na+].[Na+]. The summed E-state index contributed by atoms with van der Waals surface area (Å²) in [5.74, 6) is -0.842. The molecule has 1 aliphatic carbocycles. The van der Waals surface area contributed by atoms with E-state index in [0.717, 1.165) is 51.6 Å². The number of rotatable bonds is 18. The molecule has 0 saturated heterocycles. The van der Waals surface area contributed by atoms with E-state index in [1.807, 2.05) is 96.4 Å². The molecular weight excluding hydrogens is 1480 g/mol. The Morgan fingerprint density at radius 1 is 0.519 bits per heavy atom. The summed E-state index contributed by atoms with van der Waals surface area (Å²) in [6, 6.07) is 0. The standard InChI is InChI=1S/C10H12.2C8H15N2.C7H12N2O3S.2C7H12NO3S.2C3H8.2CHO.2Ir.2Na/c1-2-4-6-8-10-9-7-5-3-1;2*1-3-4-5-10-7-6-9(2)8-10;1-8-4-5-9(7-8)3-2-6-13(10,11)12;2*9-12(10,11)7-3-6-8-4-1-2-5-8;2*1-3-2;2*1-2;;;;/h1,5-6,10H,2,4,7,9H2;2*6-8H,3-5H2,1-2H3;4-5,7H,2-3,6H2,1H3;2*1,4-5H,2-3,6-7H2,(H,9,10,11);2*3H2,1-2H3;2*1H;;;;/q;2*-1;;2*-1;;;2*-1;;+3;2*+1/p-2. The Balaban J connectivity index is -0.000000126. The monoisotopic (exact) mass is 1570 g/mol. The second-order valence-corrected chi connectivity index (χ2v) is 21.9. The fourth-order valence-electron chi connectivity index (χ4n) is 5.93. The van der Waals surface area contributed by atoms with Gasteiger partial charge >= 0.3 is 79.2 Å². The zero-order valence-electron chi connectivity index (χ0n) is 50.3. The molecule has 0 atom stereocenters. The number of carbonyl (C=O) groups excluding carboxylic acids is 2. The Labute approximate surface area is 563 Å². The average molecular weight is 1570 g/mol. The van der Waals surface area contributed by atoms with Gasteiger partial charge in [0.1, 0.15) is 12.4 Å². The molecule has 0 aromatic carbocycles. The molecule has 0 spiro atoms. The topological polar surface area (TPSA) is 234 Å². The minimum absolute atomic E-state index is 0. The first-order valence-corrected chi connectivity index (χ1v) is 31.0. The number of hydrogen-bond donors (Lipinski definition) is 0. The average Bonchev–Trinajstić information content (AvgIpc) is 4.26. The van der Waals surface area contributed by atoms with E-state index in [0.29, 0.717) is 38.9 Å². The van der Waals surface area contributed by atoms with Gasteiger partial charge in [0.15, 0.2) is 0 Å². The van der Waals surface area contributed by atoms with Gasteiger partial charge in [-0.2, -0.15) is 13.3 Å². The maximum Gasteiger partial charge on any atom is 3.00 e. The van der Waals surface area contributed by atoms with Gasteiger partial charge in [0.25, 0.3) is 0 Å². The molecule has 0 fully saturated rings. The van der Waals surface area contributed by atoms with E-state index in [-0.39, 0.29) is 117 Å². The molecule has 19 nitrogen and oxygen atoms in total. The van der Waals surface area contributed by atoms with Crippen molar-refractivity contribution in [1.29, 1.82) is 0 Å². The maximum absolute atomic E-state index is 10.3. The van der Waals surface area contributed by atoms with E-state index in [2.05, 4.69) is 149 Å². The fraction of sp³-hybridized carbons (Fsp3) is 0.582. The summed E-state index contributed by atoms with van der Waals surface area (Å²) >= 11 is 0. The van der Waals surface area contributed by atoms with Crippen molar-refractivity contribution in [3.05, 3.63) is 130 Å². The van der Waals surface area contributed by atoms with Gasteiger partial charge < -0.3 is 52.6 Å². The van der Waals surface area contributed by atoms with Crippen LogP contribution >= 0.6 is 0 Å². The predicted octanol–water partition coefficient (Wildman–Crippen LogP) is 2.37. The van der Waals surface area contributed by atoms with Crippen LogP contribution in [0.1, 0.15) is 138 Å². The minimum Gasteiger partial charge on any atom is -0.748 e. The van der Waals surface area contributed by atoms with Gasteiger partial charge in [0.2, 0.25) is 6.33 Å². The van der Waals surface area contributed by atoms with Crippen LogP contribution in [0.15, 0.2) is 104 Å². The van der Waals surface area contributed by atoms with E-state index in [1.54, 1.807) is 0 Å². The van der Waals surface area contributed by atoms with E-state index < -0.39 is 30.4 Å². The van der Waals surface area contributed by atoms with Gasteiger partial charge in [-0.3, -0.25) is 13.6 Å². The predicted molar refractivity (Wildman–Crippen MR) is 308 cm³/mol. The molecule has 1 radical (unpaired) electrons. The molecule has 0 bridgehead atoms. The number of nitrogens with zero attached hydrogens (tertiary/aromatic N) is 8. The number of hydrogen-bond acceptors (Lipinski definition) is 17. The molecule has 26 heteroatoms. The summed E-state index contributed by atoms with van der Waals surface area (Å²) in [7, 11) is -6.15. The van der Waals surface area contributed by atoms with Gasteiger partial charge in [-0.05, 0) is 160 Å². The Bertz CT molecular complexity index is 2050. The quantitative estimate of drug-likeness (QED) is 0.0513. The Morgan fingerprint density at radius 2 is 0.827 bits per heavy atom. The minimum atomic E-state index is -4.06. The molecule has 6 rings (SSSR count). The molecular formula is C55H94Ir2N8Na2O11S3-3. The molecule has 0 saturated carbocycles. The molecule has 1 aromatic rings. The third-order valence-electron chi connectivity index (χ3n) is 9.37. The first-order valence-electron chi connectivity index (χ1n) is 26.2. The van der Waals surface area contributed by atoms with Crippen molar-refractivity contribution < 1.29 is 152 Å². The summed E-state index contributed by atoms with van der Waals surface area (Å²) in [4.78, 5) is 27.8. The van der Waals surface area contributed by atoms with Gasteiger partial charge in [0, 0.05) is 37.4 Å². The summed E-state index contributed by atoms with van der Waals surface area (Å²) in [5.41, 5.74) is 6.27. The Kier molecular flexibility index (Phi) is 77.9. The van der Waals surface area contributed by atoms with Gasteiger partial charge in [-0.1, -0.05) is 79.4 Å². The molecule has 5 aliphatic rings. The van der Waals surface area contributed by atoms with Crippen LogP contribution in [0, 0.1) is 26.4 Å². The van der Waals surface area contributed by atoms with Crippen molar-refractivity contribution in [1.82, 2.24) is 34.0 Å². The molecule has 81 heavy (non-hydrogen) atoms. The number of unbranched alkanes of at least 4 members (excludes halogenated alkanes) is 2.